The van der Waals surface area contributed by atoms with E-state index in [1.54, 1.807) is 4.90 Å². The quantitative estimate of drug-likeness (QED) is 0.615. The Morgan fingerprint density at radius 2 is 1.85 bits per heavy atom. The summed E-state index contributed by atoms with van der Waals surface area (Å²) in [5, 5.41) is 0. The Bertz CT molecular complexity index is 563. The molecule has 1 aromatic heterocycles. The summed E-state index contributed by atoms with van der Waals surface area (Å²) in [6, 6.07) is 0. The van der Waals surface area contributed by atoms with Crippen LogP contribution in [0.5, 0.6) is 0 Å². The molecule has 0 aromatic carbocycles. The molecule has 11 heteroatoms. The van der Waals surface area contributed by atoms with Crippen molar-refractivity contribution in [2.75, 3.05) is 26.2 Å². The largest absolute Gasteiger partial charge is 0.451 e. The molecule has 1 aliphatic heterocycles. The van der Waals surface area contributed by atoms with E-state index >= 15 is 0 Å². The number of aromatic nitrogens is 1. The van der Waals surface area contributed by atoms with E-state index in [4.69, 9.17) is 0 Å². The summed E-state index contributed by atoms with van der Waals surface area (Å²) in [7, 11) is -4.75. The molecule has 0 amide bonds. The van der Waals surface area contributed by atoms with Gasteiger partial charge >= 0.3 is 16.6 Å². The first-order valence-corrected chi connectivity index (χ1v) is 6.93. The molecule has 114 valence electrons. The summed E-state index contributed by atoms with van der Waals surface area (Å²) in [5.41, 5.74) is -0.269. The van der Waals surface area contributed by atoms with Crippen molar-refractivity contribution in [3.05, 3.63) is 17.8 Å². The SMILES string of the molecule is O=S(=O)(F)N1CCN(Cc2ncoc2C(F)(F)F)CC1. The van der Waals surface area contributed by atoms with Crippen molar-refractivity contribution in [3.8, 4) is 0 Å². The van der Waals surface area contributed by atoms with Crippen LogP contribution in [-0.4, -0.2) is 48.8 Å². The smallest absolute Gasteiger partial charge is 0.439 e. The van der Waals surface area contributed by atoms with E-state index < -0.39 is 22.3 Å². The molecule has 0 atom stereocenters. The second-order valence-corrected chi connectivity index (χ2v) is 5.58. The number of alkyl halides is 3. The predicted octanol–water partition coefficient (Wildman–Crippen LogP) is 1.03. The molecule has 0 spiro atoms. The van der Waals surface area contributed by atoms with E-state index in [1.165, 1.54) is 0 Å². The topological polar surface area (TPSA) is 66.7 Å². The Balaban J connectivity index is 1.99. The molecule has 2 heterocycles. The van der Waals surface area contributed by atoms with Gasteiger partial charge in [-0.1, -0.05) is 3.89 Å². The van der Waals surface area contributed by atoms with Crippen molar-refractivity contribution in [2.24, 2.45) is 0 Å². The van der Waals surface area contributed by atoms with Crippen molar-refractivity contribution in [1.82, 2.24) is 14.2 Å². The summed E-state index contributed by atoms with van der Waals surface area (Å²) >= 11 is 0. The van der Waals surface area contributed by atoms with Gasteiger partial charge in [0.2, 0.25) is 5.76 Å². The van der Waals surface area contributed by atoms with Crippen LogP contribution in [0.4, 0.5) is 17.1 Å². The molecule has 1 fully saturated rings. The van der Waals surface area contributed by atoms with E-state index in [1.807, 2.05) is 0 Å². The fourth-order valence-corrected chi connectivity index (χ4v) is 2.53. The van der Waals surface area contributed by atoms with E-state index in [-0.39, 0.29) is 38.4 Å². The lowest BCUT2D eigenvalue weighted by atomic mass is 10.3. The maximum atomic E-state index is 12.7. The van der Waals surface area contributed by atoms with E-state index in [0.717, 1.165) is 0 Å². The number of hydrogen-bond acceptors (Lipinski definition) is 5. The minimum absolute atomic E-state index is 0.113. The standard InChI is InChI=1S/C9H11F4N3O3S/c10-9(11,12)8-7(14-6-19-8)5-15-1-3-16(4-2-15)20(13,17)18/h6H,1-5H2. The summed E-state index contributed by atoms with van der Waals surface area (Å²) in [6.07, 6.45) is -3.92. The van der Waals surface area contributed by atoms with Gasteiger partial charge in [0, 0.05) is 32.7 Å². The highest BCUT2D eigenvalue weighted by atomic mass is 32.3. The highest BCUT2D eigenvalue weighted by Gasteiger charge is 2.39. The molecule has 0 bridgehead atoms. The minimum atomic E-state index is -4.75. The molecule has 1 saturated heterocycles. The number of piperazine rings is 1. The number of nitrogens with zero attached hydrogens (tertiary/aromatic N) is 3. The van der Waals surface area contributed by atoms with Gasteiger partial charge in [-0.05, 0) is 0 Å². The second-order valence-electron chi connectivity index (χ2n) is 4.24. The Hall–Kier alpha value is -1.20. The third-order valence-electron chi connectivity index (χ3n) is 2.91. The molecule has 2 rings (SSSR count). The second kappa shape index (κ2) is 5.30. The highest BCUT2D eigenvalue weighted by molar-refractivity contribution is 7.83. The van der Waals surface area contributed by atoms with Crippen LogP contribution in [-0.2, 0) is 23.1 Å². The molecular weight excluding hydrogens is 306 g/mol. The molecule has 0 unspecified atom stereocenters. The summed E-state index contributed by atoms with van der Waals surface area (Å²) in [5.74, 6) is -1.17. The fourth-order valence-electron chi connectivity index (χ4n) is 1.93. The van der Waals surface area contributed by atoms with Gasteiger partial charge in [-0.15, -0.1) is 0 Å². The van der Waals surface area contributed by atoms with E-state index in [0.29, 0.717) is 10.7 Å². The molecule has 1 aliphatic rings. The van der Waals surface area contributed by atoms with Crippen LogP contribution in [0, 0.1) is 0 Å². The molecule has 1 aromatic rings. The van der Waals surface area contributed by atoms with Gasteiger partial charge in [0.05, 0.1) is 0 Å². The molecule has 0 radical (unpaired) electrons. The maximum Gasteiger partial charge on any atom is 0.451 e. The van der Waals surface area contributed by atoms with Crippen molar-refractivity contribution in [2.45, 2.75) is 12.7 Å². The Kier molecular flexibility index (Phi) is 4.02. The first-order chi connectivity index (χ1) is 9.18. The number of halogens is 4. The van der Waals surface area contributed by atoms with Crippen molar-refractivity contribution in [1.29, 1.82) is 0 Å². The lowest BCUT2D eigenvalue weighted by Gasteiger charge is -2.31. The maximum absolute atomic E-state index is 12.7. The average Bonchev–Trinajstić information content (AvgIpc) is 2.76. The third kappa shape index (κ3) is 3.46. The van der Waals surface area contributed by atoms with Crippen LogP contribution in [0.2, 0.25) is 0 Å². The van der Waals surface area contributed by atoms with E-state index in [2.05, 4.69) is 9.40 Å². The Morgan fingerprint density at radius 3 is 2.35 bits per heavy atom. The zero-order chi connectivity index (χ0) is 15.0. The Morgan fingerprint density at radius 1 is 1.25 bits per heavy atom. The molecule has 0 N–H and O–H groups in total. The van der Waals surface area contributed by atoms with Crippen LogP contribution in [0.25, 0.3) is 0 Å². The fraction of sp³-hybridized carbons (Fsp3) is 0.667. The summed E-state index contributed by atoms with van der Waals surface area (Å²) in [6.45, 7) is -0.123. The number of oxazole rings is 1. The molecule has 0 saturated carbocycles. The average molecular weight is 317 g/mol. The Labute approximate surface area is 112 Å². The van der Waals surface area contributed by atoms with Crippen LogP contribution >= 0.6 is 0 Å². The first kappa shape index (κ1) is 15.2. The van der Waals surface area contributed by atoms with Gasteiger partial charge in [0.1, 0.15) is 5.69 Å². The van der Waals surface area contributed by atoms with Crippen LogP contribution in [0.1, 0.15) is 11.5 Å². The minimum Gasteiger partial charge on any atom is -0.439 e. The predicted molar refractivity (Wildman–Crippen MR) is 58.4 cm³/mol. The van der Waals surface area contributed by atoms with Crippen molar-refractivity contribution in [3.63, 3.8) is 0 Å². The zero-order valence-electron chi connectivity index (χ0n) is 10.1. The van der Waals surface area contributed by atoms with Crippen molar-refractivity contribution < 1.29 is 29.9 Å². The van der Waals surface area contributed by atoms with Gasteiger partial charge in [-0.25, -0.2) is 4.98 Å². The monoisotopic (exact) mass is 317 g/mol. The van der Waals surface area contributed by atoms with Crippen LogP contribution in [0.3, 0.4) is 0 Å². The third-order valence-corrected chi connectivity index (χ3v) is 3.89. The van der Waals surface area contributed by atoms with Crippen molar-refractivity contribution >= 4 is 10.4 Å². The summed E-state index contributed by atoms with van der Waals surface area (Å²) in [4.78, 5) is 5.06. The van der Waals surface area contributed by atoms with E-state index in [9.17, 15) is 25.5 Å². The first-order valence-electron chi connectivity index (χ1n) is 5.59. The molecule has 20 heavy (non-hydrogen) atoms. The van der Waals surface area contributed by atoms with Crippen LogP contribution in [0.15, 0.2) is 10.8 Å². The normalized spacial score (nSPS) is 19.4. The summed E-state index contributed by atoms with van der Waals surface area (Å²) < 4.78 is 76.7. The molecule has 6 nitrogen and oxygen atoms in total. The van der Waals surface area contributed by atoms with Gasteiger partial charge in [0.15, 0.2) is 6.39 Å². The lowest BCUT2D eigenvalue weighted by Crippen LogP contribution is -2.47. The zero-order valence-corrected chi connectivity index (χ0v) is 10.9. The molecule has 0 aliphatic carbocycles. The van der Waals surface area contributed by atoms with Gasteiger partial charge in [-0.3, -0.25) is 4.90 Å². The van der Waals surface area contributed by atoms with Gasteiger partial charge < -0.3 is 4.42 Å². The van der Waals surface area contributed by atoms with Crippen LogP contribution < -0.4 is 0 Å². The highest BCUT2D eigenvalue weighted by Crippen LogP contribution is 2.32. The number of rotatable bonds is 3. The van der Waals surface area contributed by atoms with Gasteiger partial charge in [0.25, 0.3) is 0 Å². The lowest BCUT2D eigenvalue weighted by molar-refractivity contribution is -0.154. The van der Waals surface area contributed by atoms with Gasteiger partial charge in [-0.2, -0.15) is 25.9 Å². The molecular formula is C9H11F4N3O3S. The number of hydrogen-bond donors (Lipinski definition) is 0.